The number of para-hydroxylation sites is 2. The lowest BCUT2D eigenvalue weighted by Gasteiger charge is -2.13. The first-order valence-corrected chi connectivity index (χ1v) is 12.1. The zero-order valence-electron chi connectivity index (χ0n) is 18.7. The summed E-state index contributed by atoms with van der Waals surface area (Å²) in [5, 5.41) is 1.57. The van der Waals surface area contributed by atoms with E-state index in [0.717, 1.165) is 33.6 Å². The Bertz CT molecular complexity index is 1670. The van der Waals surface area contributed by atoms with Crippen molar-refractivity contribution in [3.8, 4) is 28.2 Å². The van der Waals surface area contributed by atoms with Gasteiger partial charge in [0.1, 0.15) is 10.5 Å². The molecule has 0 saturated heterocycles. The van der Waals surface area contributed by atoms with Crippen LogP contribution in [-0.4, -0.2) is 9.55 Å². The monoisotopic (exact) mass is 472 g/mol. The molecule has 0 amide bonds. The first-order valence-electron chi connectivity index (χ1n) is 11.3. The molecule has 4 aromatic carbocycles. The number of nitrogens with zero attached hydrogens (tertiary/aromatic N) is 2. The van der Waals surface area contributed by atoms with Crippen LogP contribution in [0, 0.1) is 0 Å². The van der Waals surface area contributed by atoms with Crippen molar-refractivity contribution >= 4 is 22.7 Å². The number of benzene rings is 4. The quantitative estimate of drug-likeness (QED) is 0.244. The molecule has 2 aromatic heterocycles. The Hall–Kier alpha value is -4.35. The Morgan fingerprint density at radius 2 is 1.29 bits per heavy atom. The first-order chi connectivity index (χ1) is 17.3. The minimum absolute atomic E-state index is 0.376. The molecular formula is C30H20N2O2S. The number of fused-ring (bicyclic) bond motifs is 1. The summed E-state index contributed by atoms with van der Waals surface area (Å²) in [5.41, 5.74) is 5.04. The number of rotatable bonds is 5. The SMILES string of the molecule is O=c1oc2ccccc2cc1Sc1nc(-c2ccccc2)c(-c2ccccc2)n1-c1ccccc1. The normalized spacial score (nSPS) is 11.1. The van der Waals surface area contributed by atoms with Gasteiger partial charge in [-0.25, -0.2) is 9.78 Å². The molecule has 0 aliphatic carbocycles. The van der Waals surface area contributed by atoms with Crippen molar-refractivity contribution in [3.05, 3.63) is 132 Å². The van der Waals surface area contributed by atoms with Crippen LogP contribution in [0.3, 0.4) is 0 Å². The standard InChI is InChI=1S/C30H20N2O2S/c33-29-26(20-23-16-10-11-19-25(23)34-29)35-30-31-27(21-12-4-1-5-13-21)28(22-14-6-2-7-15-22)32(30)24-17-8-3-9-18-24/h1-20H. The molecule has 5 heteroatoms. The largest absolute Gasteiger partial charge is 0.422 e. The maximum atomic E-state index is 12.9. The highest BCUT2D eigenvalue weighted by molar-refractivity contribution is 7.99. The summed E-state index contributed by atoms with van der Waals surface area (Å²) in [4.78, 5) is 18.5. The van der Waals surface area contributed by atoms with Crippen LogP contribution in [0.5, 0.6) is 0 Å². The van der Waals surface area contributed by atoms with Crippen LogP contribution in [0.2, 0.25) is 0 Å². The van der Waals surface area contributed by atoms with Gasteiger partial charge in [0.15, 0.2) is 5.16 Å². The molecule has 168 valence electrons. The third-order valence-corrected chi connectivity index (χ3v) is 6.73. The molecule has 0 atom stereocenters. The summed E-state index contributed by atoms with van der Waals surface area (Å²) in [7, 11) is 0. The second-order valence-corrected chi connectivity index (χ2v) is 9.04. The Balaban J connectivity index is 1.62. The molecule has 2 heterocycles. The van der Waals surface area contributed by atoms with E-state index in [1.165, 1.54) is 11.8 Å². The summed E-state index contributed by atoms with van der Waals surface area (Å²) in [6.45, 7) is 0. The summed E-state index contributed by atoms with van der Waals surface area (Å²) in [6.07, 6.45) is 0. The van der Waals surface area contributed by atoms with E-state index >= 15 is 0 Å². The van der Waals surface area contributed by atoms with E-state index in [4.69, 9.17) is 9.40 Å². The van der Waals surface area contributed by atoms with Gasteiger partial charge in [0.25, 0.3) is 0 Å². The summed E-state index contributed by atoms with van der Waals surface area (Å²) in [6, 6.07) is 39.9. The molecule has 0 spiro atoms. The Kier molecular flexibility index (Phi) is 5.53. The summed E-state index contributed by atoms with van der Waals surface area (Å²) in [5.74, 6) is 0. The molecule has 0 N–H and O–H groups in total. The van der Waals surface area contributed by atoms with Crippen molar-refractivity contribution < 1.29 is 4.42 Å². The second kappa shape index (κ2) is 9.12. The number of hydrogen-bond acceptors (Lipinski definition) is 4. The summed E-state index contributed by atoms with van der Waals surface area (Å²) >= 11 is 1.32. The van der Waals surface area contributed by atoms with Gasteiger partial charge in [0, 0.05) is 22.2 Å². The van der Waals surface area contributed by atoms with Crippen LogP contribution in [-0.2, 0) is 0 Å². The molecule has 0 saturated carbocycles. The third-order valence-electron chi connectivity index (χ3n) is 5.77. The smallest absolute Gasteiger partial charge is 0.350 e. The van der Waals surface area contributed by atoms with Crippen molar-refractivity contribution in [1.82, 2.24) is 9.55 Å². The number of aromatic nitrogens is 2. The maximum absolute atomic E-state index is 12.9. The average Bonchev–Trinajstić information content (AvgIpc) is 3.30. The van der Waals surface area contributed by atoms with Gasteiger partial charge in [-0.2, -0.15) is 0 Å². The topological polar surface area (TPSA) is 48.0 Å². The lowest BCUT2D eigenvalue weighted by molar-refractivity contribution is 0.543. The van der Waals surface area contributed by atoms with Gasteiger partial charge < -0.3 is 4.42 Å². The van der Waals surface area contributed by atoms with E-state index in [0.29, 0.717) is 15.6 Å². The van der Waals surface area contributed by atoms with Crippen LogP contribution < -0.4 is 5.63 Å². The van der Waals surface area contributed by atoms with E-state index in [1.54, 1.807) is 6.07 Å². The molecule has 0 aliphatic rings. The molecule has 0 fully saturated rings. The summed E-state index contributed by atoms with van der Waals surface area (Å²) < 4.78 is 7.73. The fourth-order valence-electron chi connectivity index (χ4n) is 4.16. The van der Waals surface area contributed by atoms with Crippen molar-refractivity contribution in [2.45, 2.75) is 10.1 Å². The van der Waals surface area contributed by atoms with Gasteiger partial charge in [-0.05, 0) is 36.0 Å². The van der Waals surface area contributed by atoms with E-state index in [2.05, 4.69) is 41.0 Å². The highest BCUT2D eigenvalue weighted by Gasteiger charge is 2.23. The average molecular weight is 473 g/mol. The van der Waals surface area contributed by atoms with Crippen molar-refractivity contribution in [2.24, 2.45) is 0 Å². The van der Waals surface area contributed by atoms with Gasteiger partial charge in [0.2, 0.25) is 0 Å². The molecule has 0 radical (unpaired) electrons. The predicted molar refractivity (Wildman–Crippen MR) is 141 cm³/mol. The Labute approximate surface area is 206 Å². The zero-order valence-corrected chi connectivity index (χ0v) is 19.5. The molecule has 6 aromatic rings. The minimum Gasteiger partial charge on any atom is -0.422 e. The highest BCUT2D eigenvalue weighted by atomic mass is 32.2. The van der Waals surface area contributed by atoms with Crippen LogP contribution in [0.15, 0.2) is 141 Å². The van der Waals surface area contributed by atoms with Crippen LogP contribution >= 0.6 is 11.8 Å². The Morgan fingerprint density at radius 3 is 2.00 bits per heavy atom. The fraction of sp³-hybridized carbons (Fsp3) is 0. The van der Waals surface area contributed by atoms with Gasteiger partial charge in [-0.15, -0.1) is 0 Å². The molecule has 6 rings (SSSR count). The third kappa shape index (κ3) is 4.07. The van der Waals surface area contributed by atoms with E-state index in [-0.39, 0.29) is 5.63 Å². The lowest BCUT2D eigenvalue weighted by atomic mass is 10.0. The van der Waals surface area contributed by atoms with E-state index < -0.39 is 0 Å². The van der Waals surface area contributed by atoms with Crippen molar-refractivity contribution in [3.63, 3.8) is 0 Å². The molecular weight excluding hydrogens is 452 g/mol. The fourth-order valence-corrected chi connectivity index (χ4v) is 5.09. The van der Waals surface area contributed by atoms with Gasteiger partial charge >= 0.3 is 5.63 Å². The lowest BCUT2D eigenvalue weighted by Crippen LogP contribution is -2.04. The van der Waals surface area contributed by atoms with Crippen LogP contribution in [0.4, 0.5) is 0 Å². The molecule has 0 bridgehead atoms. The van der Waals surface area contributed by atoms with Crippen LogP contribution in [0.25, 0.3) is 39.2 Å². The predicted octanol–water partition coefficient (Wildman–Crippen LogP) is 7.46. The number of imidazole rings is 1. The van der Waals surface area contributed by atoms with Crippen molar-refractivity contribution in [1.29, 1.82) is 0 Å². The number of hydrogen-bond donors (Lipinski definition) is 0. The van der Waals surface area contributed by atoms with Crippen molar-refractivity contribution in [2.75, 3.05) is 0 Å². The van der Waals surface area contributed by atoms with Gasteiger partial charge in [-0.1, -0.05) is 97.1 Å². The highest BCUT2D eigenvalue weighted by Crippen LogP contribution is 2.39. The molecule has 0 unspecified atom stereocenters. The second-order valence-electron chi connectivity index (χ2n) is 8.03. The van der Waals surface area contributed by atoms with E-state index in [9.17, 15) is 4.79 Å². The molecule has 4 nitrogen and oxygen atoms in total. The first kappa shape index (κ1) is 21.2. The van der Waals surface area contributed by atoms with Gasteiger partial charge in [-0.3, -0.25) is 4.57 Å². The molecule has 0 aliphatic heterocycles. The molecule has 35 heavy (non-hydrogen) atoms. The van der Waals surface area contributed by atoms with Gasteiger partial charge in [0.05, 0.1) is 11.4 Å². The van der Waals surface area contributed by atoms with Crippen LogP contribution in [0.1, 0.15) is 0 Å². The maximum Gasteiger partial charge on any atom is 0.350 e. The zero-order chi connectivity index (χ0) is 23.6. The van der Waals surface area contributed by atoms with E-state index in [1.807, 2.05) is 78.9 Å². The Morgan fingerprint density at radius 1 is 0.686 bits per heavy atom. The minimum atomic E-state index is -0.376.